The molecule has 4 heteroatoms. The topological polar surface area (TPSA) is 33.7 Å². The quantitative estimate of drug-likeness (QED) is 0.553. The molecule has 116 valence electrons. The van der Waals surface area contributed by atoms with Gasteiger partial charge in [0.15, 0.2) is 0 Å². The molecule has 0 bridgehead atoms. The van der Waals surface area contributed by atoms with E-state index >= 15 is 0 Å². The Morgan fingerprint density at radius 3 is 2.26 bits per heavy atom. The summed E-state index contributed by atoms with van der Waals surface area (Å²) < 4.78 is 10.3. The van der Waals surface area contributed by atoms with Crippen LogP contribution in [0.25, 0.3) is 0 Å². The molecule has 1 unspecified atom stereocenters. The minimum Gasteiger partial charge on any atom is -0.385 e. The van der Waals surface area contributed by atoms with Gasteiger partial charge in [0.25, 0.3) is 0 Å². The van der Waals surface area contributed by atoms with Crippen LogP contribution < -0.4 is 5.32 Å². The smallest absolute Gasteiger partial charge is 0.0589 e. The third kappa shape index (κ3) is 9.38. The average molecular weight is 274 g/mol. The molecule has 0 aliphatic carbocycles. The molecule has 0 radical (unpaired) electrons. The fourth-order valence-electron chi connectivity index (χ4n) is 1.85. The minimum absolute atomic E-state index is 0.216. The van der Waals surface area contributed by atoms with Crippen molar-refractivity contribution in [2.45, 2.75) is 52.1 Å². The highest BCUT2D eigenvalue weighted by molar-refractivity contribution is 4.79. The summed E-state index contributed by atoms with van der Waals surface area (Å²) in [7, 11) is 3.52. The van der Waals surface area contributed by atoms with Crippen LogP contribution in [0.2, 0.25) is 0 Å². The van der Waals surface area contributed by atoms with Crippen LogP contribution in [0.5, 0.6) is 0 Å². The molecular formula is C15H34N2O2. The Balaban J connectivity index is 4.15. The maximum atomic E-state index is 5.20. The van der Waals surface area contributed by atoms with Crippen LogP contribution in [-0.2, 0) is 9.47 Å². The van der Waals surface area contributed by atoms with Crippen molar-refractivity contribution in [2.24, 2.45) is 0 Å². The van der Waals surface area contributed by atoms with Crippen molar-refractivity contribution < 1.29 is 9.47 Å². The molecule has 0 amide bonds. The van der Waals surface area contributed by atoms with Crippen molar-refractivity contribution in [1.82, 2.24) is 10.2 Å². The summed E-state index contributed by atoms with van der Waals surface area (Å²) in [4.78, 5) is 2.47. The number of methoxy groups -OCH3 is 2. The first-order valence-corrected chi connectivity index (χ1v) is 7.43. The predicted molar refractivity (Wildman–Crippen MR) is 81.8 cm³/mol. The predicted octanol–water partition coefficient (Wildman–Crippen LogP) is 2.14. The molecule has 0 aliphatic heterocycles. The van der Waals surface area contributed by atoms with E-state index in [-0.39, 0.29) is 5.54 Å². The molecule has 0 spiro atoms. The van der Waals surface area contributed by atoms with E-state index in [2.05, 4.69) is 37.9 Å². The number of hydrogen-bond donors (Lipinski definition) is 1. The zero-order valence-electron chi connectivity index (χ0n) is 13.8. The van der Waals surface area contributed by atoms with Crippen molar-refractivity contribution in [3.8, 4) is 0 Å². The maximum absolute atomic E-state index is 5.20. The molecule has 0 saturated carbocycles. The highest BCUT2D eigenvalue weighted by Crippen LogP contribution is 2.08. The molecule has 1 atom stereocenters. The molecule has 0 aliphatic rings. The molecule has 19 heavy (non-hydrogen) atoms. The van der Waals surface area contributed by atoms with Crippen LogP contribution >= 0.6 is 0 Å². The molecule has 4 nitrogen and oxygen atoms in total. The monoisotopic (exact) mass is 274 g/mol. The third-order valence-electron chi connectivity index (χ3n) is 3.76. The first-order chi connectivity index (χ1) is 8.96. The average Bonchev–Trinajstić information content (AvgIpc) is 2.40. The molecule has 0 aromatic heterocycles. The van der Waals surface area contributed by atoms with E-state index in [1.807, 2.05) is 0 Å². The van der Waals surface area contributed by atoms with E-state index in [0.29, 0.717) is 6.04 Å². The molecule has 1 N–H and O–H groups in total. The van der Waals surface area contributed by atoms with Crippen molar-refractivity contribution in [3.63, 3.8) is 0 Å². The van der Waals surface area contributed by atoms with Gasteiger partial charge >= 0.3 is 0 Å². The van der Waals surface area contributed by atoms with E-state index < -0.39 is 0 Å². The molecule has 0 heterocycles. The van der Waals surface area contributed by atoms with Crippen LogP contribution in [0.3, 0.4) is 0 Å². The van der Waals surface area contributed by atoms with Gasteiger partial charge in [0.1, 0.15) is 0 Å². The number of rotatable bonds is 12. The second-order valence-electron chi connectivity index (χ2n) is 5.84. The summed E-state index contributed by atoms with van der Waals surface area (Å²) in [6.07, 6.45) is 2.21. The fourth-order valence-corrected chi connectivity index (χ4v) is 1.85. The zero-order valence-corrected chi connectivity index (χ0v) is 13.8. The van der Waals surface area contributed by atoms with Gasteiger partial charge in [0.2, 0.25) is 0 Å². The van der Waals surface area contributed by atoms with Gasteiger partial charge in [-0.1, -0.05) is 6.92 Å². The van der Waals surface area contributed by atoms with Crippen LogP contribution in [0.1, 0.15) is 40.5 Å². The lowest BCUT2D eigenvalue weighted by molar-refractivity contribution is 0.107. The van der Waals surface area contributed by atoms with E-state index in [9.17, 15) is 0 Å². The van der Waals surface area contributed by atoms with Gasteiger partial charge in [-0.25, -0.2) is 0 Å². The summed E-state index contributed by atoms with van der Waals surface area (Å²) in [6, 6.07) is 0.512. The lowest BCUT2D eigenvalue weighted by Gasteiger charge is -2.33. The van der Waals surface area contributed by atoms with Gasteiger partial charge in [-0.3, -0.25) is 4.90 Å². The van der Waals surface area contributed by atoms with Gasteiger partial charge in [0.05, 0.1) is 6.61 Å². The highest BCUT2D eigenvalue weighted by Gasteiger charge is 2.18. The summed E-state index contributed by atoms with van der Waals surface area (Å²) in [5.41, 5.74) is 0.216. The molecular weight excluding hydrogens is 240 g/mol. The Morgan fingerprint density at radius 1 is 1.11 bits per heavy atom. The Bertz CT molecular complexity index is 210. The number of nitrogens with zero attached hydrogens (tertiary/aromatic N) is 1. The number of ether oxygens (including phenoxy) is 2. The largest absolute Gasteiger partial charge is 0.385 e. The normalized spacial score (nSPS) is 14.1. The van der Waals surface area contributed by atoms with Gasteiger partial charge in [-0.05, 0) is 33.6 Å². The Hall–Kier alpha value is -0.160. The Morgan fingerprint density at radius 2 is 1.74 bits per heavy atom. The van der Waals surface area contributed by atoms with E-state index in [1.165, 1.54) is 0 Å². The maximum Gasteiger partial charge on any atom is 0.0589 e. The van der Waals surface area contributed by atoms with Gasteiger partial charge in [-0.15, -0.1) is 0 Å². The lowest BCUT2D eigenvalue weighted by atomic mass is 10.0. The summed E-state index contributed by atoms with van der Waals surface area (Å²) >= 11 is 0. The molecule has 0 aromatic rings. The third-order valence-corrected chi connectivity index (χ3v) is 3.76. The Kier molecular flexibility index (Phi) is 10.5. The van der Waals surface area contributed by atoms with E-state index in [4.69, 9.17) is 9.47 Å². The van der Waals surface area contributed by atoms with Crippen molar-refractivity contribution in [2.75, 3.05) is 47.1 Å². The lowest BCUT2D eigenvalue weighted by Crippen LogP contribution is -2.48. The molecule has 0 saturated heterocycles. The fraction of sp³-hybridized carbons (Fsp3) is 1.00. The molecule has 0 aromatic carbocycles. The first kappa shape index (κ1) is 18.8. The van der Waals surface area contributed by atoms with Crippen LogP contribution in [0, 0.1) is 0 Å². The zero-order chi connectivity index (χ0) is 14.7. The van der Waals surface area contributed by atoms with E-state index in [0.717, 1.165) is 45.7 Å². The summed E-state index contributed by atoms with van der Waals surface area (Å²) in [5.74, 6) is 0. The molecule has 0 rings (SSSR count). The SMILES string of the molecule is CCC(C)(C)NCC(C)N(CCCOC)CCOC. The van der Waals surface area contributed by atoms with Crippen molar-refractivity contribution >= 4 is 0 Å². The molecule has 0 fully saturated rings. The number of nitrogens with one attached hydrogen (secondary N) is 1. The van der Waals surface area contributed by atoms with Gasteiger partial charge in [-0.2, -0.15) is 0 Å². The second kappa shape index (κ2) is 10.6. The van der Waals surface area contributed by atoms with Crippen molar-refractivity contribution in [3.05, 3.63) is 0 Å². The Labute approximate surface area is 119 Å². The minimum atomic E-state index is 0.216. The van der Waals surface area contributed by atoms with Crippen molar-refractivity contribution in [1.29, 1.82) is 0 Å². The van der Waals surface area contributed by atoms with E-state index in [1.54, 1.807) is 14.2 Å². The van der Waals surface area contributed by atoms with Gasteiger partial charge in [0, 0.05) is 52.0 Å². The first-order valence-electron chi connectivity index (χ1n) is 7.43. The second-order valence-corrected chi connectivity index (χ2v) is 5.84. The van der Waals surface area contributed by atoms with Crippen LogP contribution in [-0.4, -0.2) is 63.5 Å². The highest BCUT2D eigenvalue weighted by atomic mass is 16.5. The summed E-state index contributed by atoms with van der Waals surface area (Å²) in [6.45, 7) is 13.7. The standard InChI is InChI=1S/C15H34N2O2/c1-7-15(3,4)16-13-14(2)17(10-12-19-6)9-8-11-18-5/h14,16H,7-13H2,1-6H3. The van der Waals surface area contributed by atoms with Crippen LogP contribution in [0.15, 0.2) is 0 Å². The number of hydrogen-bond acceptors (Lipinski definition) is 4. The van der Waals surface area contributed by atoms with Gasteiger partial charge < -0.3 is 14.8 Å². The van der Waals surface area contributed by atoms with Crippen LogP contribution in [0.4, 0.5) is 0 Å². The summed E-state index contributed by atoms with van der Waals surface area (Å²) in [5, 5.41) is 3.64.